The molecule has 0 aliphatic heterocycles. The number of aromatic nitrogens is 1. The highest BCUT2D eigenvalue weighted by Crippen LogP contribution is 2.63. The van der Waals surface area contributed by atoms with Gasteiger partial charge >= 0.3 is 0 Å². The minimum absolute atomic E-state index is 0.328. The van der Waals surface area contributed by atoms with Crippen LogP contribution in [0, 0.1) is 0 Å². The molecule has 2 nitrogen and oxygen atoms in total. The maximum Gasteiger partial charge on any atom is 0.0725 e. The van der Waals surface area contributed by atoms with Crippen LogP contribution >= 0.6 is 0 Å². The van der Waals surface area contributed by atoms with Crippen LogP contribution in [0.25, 0.3) is 60.9 Å². The van der Waals surface area contributed by atoms with Crippen molar-refractivity contribution in [2.45, 2.75) is 5.41 Å². The Hall–Kier alpha value is -7.42. The zero-order valence-corrected chi connectivity index (χ0v) is 31.2. The lowest BCUT2D eigenvalue weighted by Gasteiger charge is -2.30. The van der Waals surface area contributed by atoms with Gasteiger partial charge in [0.2, 0.25) is 0 Å². The molecule has 0 saturated heterocycles. The summed E-state index contributed by atoms with van der Waals surface area (Å²) in [6, 6.07) is 80.3. The molecule has 57 heavy (non-hydrogen) atoms. The van der Waals surface area contributed by atoms with Gasteiger partial charge in [0.05, 0.1) is 16.4 Å². The second-order valence-electron chi connectivity index (χ2n) is 15.3. The molecule has 2 aliphatic carbocycles. The molecule has 0 saturated carbocycles. The summed E-state index contributed by atoms with van der Waals surface area (Å²) >= 11 is 0. The second kappa shape index (κ2) is 12.3. The molecular formula is C55H36N2. The van der Waals surface area contributed by atoms with Gasteiger partial charge in [-0.05, 0) is 116 Å². The molecule has 0 atom stereocenters. The number of fused-ring (bicyclic) bond motifs is 13. The Balaban J connectivity index is 0.983. The Morgan fingerprint density at radius 2 is 0.807 bits per heavy atom. The van der Waals surface area contributed by atoms with Crippen LogP contribution < -0.4 is 4.90 Å². The molecular weight excluding hydrogens is 689 g/mol. The minimum Gasteiger partial charge on any atom is -0.310 e. The van der Waals surface area contributed by atoms with Crippen LogP contribution in [0.1, 0.15) is 22.3 Å². The van der Waals surface area contributed by atoms with Crippen molar-refractivity contribution >= 4 is 38.9 Å². The van der Waals surface area contributed by atoms with Gasteiger partial charge in [0, 0.05) is 33.5 Å². The summed E-state index contributed by atoms with van der Waals surface area (Å²) in [7, 11) is 0. The number of benzene rings is 9. The lowest BCUT2D eigenvalue weighted by Crippen LogP contribution is -2.25. The third-order valence-corrected chi connectivity index (χ3v) is 12.4. The molecule has 1 aromatic heterocycles. The Morgan fingerprint density at radius 1 is 0.316 bits per heavy atom. The number of rotatable bonds is 5. The Bertz CT molecular complexity index is 3130. The topological polar surface area (TPSA) is 8.17 Å². The lowest BCUT2D eigenvalue weighted by atomic mass is 9.70. The number of anilines is 3. The Labute approximate surface area is 332 Å². The first kappa shape index (κ1) is 31.9. The summed E-state index contributed by atoms with van der Waals surface area (Å²) in [5.74, 6) is 0. The van der Waals surface area contributed by atoms with E-state index in [4.69, 9.17) is 0 Å². The van der Waals surface area contributed by atoms with Crippen molar-refractivity contribution in [3.8, 4) is 39.1 Å². The Kier molecular flexibility index (Phi) is 6.88. The van der Waals surface area contributed by atoms with Crippen molar-refractivity contribution in [1.82, 2.24) is 4.57 Å². The molecule has 9 aromatic carbocycles. The predicted octanol–water partition coefficient (Wildman–Crippen LogP) is 14.3. The highest BCUT2D eigenvalue weighted by molar-refractivity contribution is 6.10. The monoisotopic (exact) mass is 724 g/mol. The van der Waals surface area contributed by atoms with E-state index in [1.807, 2.05) is 0 Å². The minimum atomic E-state index is -0.328. The van der Waals surface area contributed by atoms with Crippen LogP contribution in [0.3, 0.4) is 0 Å². The molecule has 0 bridgehead atoms. The van der Waals surface area contributed by atoms with Gasteiger partial charge in [-0.3, -0.25) is 0 Å². The van der Waals surface area contributed by atoms with Crippen LogP contribution in [0.2, 0.25) is 0 Å². The van der Waals surface area contributed by atoms with E-state index in [-0.39, 0.29) is 5.41 Å². The molecule has 2 aliphatic rings. The van der Waals surface area contributed by atoms with Crippen molar-refractivity contribution in [3.05, 3.63) is 241 Å². The van der Waals surface area contributed by atoms with Gasteiger partial charge in [0.25, 0.3) is 0 Å². The second-order valence-corrected chi connectivity index (χ2v) is 15.3. The molecule has 1 heterocycles. The Morgan fingerprint density at radius 3 is 1.49 bits per heavy atom. The summed E-state index contributed by atoms with van der Waals surface area (Å²) in [5.41, 5.74) is 19.7. The zero-order chi connectivity index (χ0) is 37.5. The predicted molar refractivity (Wildman–Crippen MR) is 237 cm³/mol. The van der Waals surface area contributed by atoms with Crippen LogP contribution in [0.4, 0.5) is 17.1 Å². The van der Waals surface area contributed by atoms with Crippen molar-refractivity contribution in [2.24, 2.45) is 0 Å². The molecule has 0 N–H and O–H groups in total. The van der Waals surface area contributed by atoms with Crippen molar-refractivity contribution in [2.75, 3.05) is 4.90 Å². The van der Waals surface area contributed by atoms with E-state index in [1.165, 1.54) is 77.4 Å². The number of nitrogens with zero attached hydrogens (tertiary/aromatic N) is 2. The molecule has 1 spiro atoms. The lowest BCUT2D eigenvalue weighted by molar-refractivity contribution is 0.794. The molecule has 0 amide bonds. The van der Waals surface area contributed by atoms with Gasteiger partial charge < -0.3 is 9.47 Å². The van der Waals surface area contributed by atoms with E-state index < -0.39 is 0 Å². The van der Waals surface area contributed by atoms with Crippen LogP contribution in [0.15, 0.2) is 218 Å². The summed E-state index contributed by atoms with van der Waals surface area (Å²) in [4.78, 5) is 2.37. The van der Waals surface area contributed by atoms with E-state index in [0.717, 1.165) is 22.7 Å². The average Bonchev–Trinajstić information content (AvgIpc) is 3.89. The first-order valence-corrected chi connectivity index (χ1v) is 19.8. The fourth-order valence-corrected chi connectivity index (χ4v) is 10.1. The fourth-order valence-electron chi connectivity index (χ4n) is 10.1. The largest absolute Gasteiger partial charge is 0.310 e. The quantitative estimate of drug-likeness (QED) is 0.172. The molecule has 12 rings (SSSR count). The zero-order valence-electron chi connectivity index (χ0n) is 31.2. The standard InChI is InChI=1S/C55H36N2/c1-3-15-39(16-4-1)56(42-32-33-47-46-22-10-14-26-53(46)57(54(47)36-42)40-17-5-2-6-18-40)41-30-27-37(28-31-41)38-29-34-52-48(35-38)45-21-9-13-25-51(45)55(52)49-23-11-7-19-43(49)44-20-8-12-24-50(44)55/h1-36H. The summed E-state index contributed by atoms with van der Waals surface area (Å²) in [5, 5.41) is 2.49. The third kappa shape index (κ3) is 4.53. The van der Waals surface area contributed by atoms with E-state index in [1.54, 1.807) is 0 Å². The molecule has 266 valence electrons. The number of para-hydroxylation sites is 3. The van der Waals surface area contributed by atoms with E-state index in [2.05, 4.69) is 228 Å². The maximum absolute atomic E-state index is 2.42. The van der Waals surface area contributed by atoms with E-state index in [9.17, 15) is 0 Å². The van der Waals surface area contributed by atoms with E-state index in [0.29, 0.717) is 0 Å². The summed E-state index contributed by atoms with van der Waals surface area (Å²) in [6.07, 6.45) is 0. The van der Waals surface area contributed by atoms with E-state index >= 15 is 0 Å². The third-order valence-electron chi connectivity index (χ3n) is 12.4. The molecule has 2 heteroatoms. The van der Waals surface area contributed by atoms with Crippen molar-refractivity contribution < 1.29 is 0 Å². The van der Waals surface area contributed by atoms with Gasteiger partial charge in [-0.2, -0.15) is 0 Å². The molecule has 0 unspecified atom stereocenters. The number of hydrogen-bond donors (Lipinski definition) is 0. The smallest absolute Gasteiger partial charge is 0.0725 e. The highest BCUT2D eigenvalue weighted by Gasteiger charge is 2.51. The van der Waals surface area contributed by atoms with Crippen LogP contribution in [-0.4, -0.2) is 4.57 Å². The maximum atomic E-state index is 2.42. The first-order chi connectivity index (χ1) is 28.3. The van der Waals surface area contributed by atoms with Crippen molar-refractivity contribution in [1.29, 1.82) is 0 Å². The average molecular weight is 725 g/mol. The number of hydrogen-bond acceptors (Lipinski definition) is 1. The van der Waals surface area contributed by atoms with Crippen molar-refractivity contribution in [3.63, 3.8) is 0 Å². The first-order valence-electron chi connectivity index (χ1n) is 19.8. The van der Waals surface area contributed by atoms with Gasteiger partial charge in [0.1, 0.15) is 0 Å². The normalized spacial score (nSPS) is 13.1. The van der Waals surface area contributed by atoms with Crippen LogP contribution in [-0.2, 0) is 5.41 Å². The summed E-state index contributed by atoms with van der Waals surface area (Å²) < 4.78 is 2.39. The highest BCUT2D eigenvalue weighted by atomic mass is 15.1. The molecule has 10 aromatic rings. The van der Waals surface area contributed by atoms with Gasteiger partial charge in [0.15, 0.2) is 0 Å². The van der Waals surface area contributed by atoms with Gasteiger partial charge in [-0.25, -0.2) is 0 Å². The molecule has 0 fully saturated rings. The fraction of sp³-hybridized carbons (Fsp3) is 0.0182. The molecule has 0 radical (unpaired) electrons. The van der Waals surface area contributed by atoms with Crippen LogP contribution in [0.5, 0.6) is 0 Å². The summed E-state index contributed by atoms with van der Waals surface area (Å²) in [6.45, 7) is 0. The SMILES string of the molecule is c1ccc(N(c2ccc(-c3ccc4c(c3)-c3ccccc3C43c4ccccc4-c4ccccc43)cc2)c2ccc3c4ccccc4n(-c4ccccc4)c3c2)cc1. The van der Waals surface area contributed by atoms with Gasteiger partial charge in [-0.1, -0.05) is 158 Å². The van der Waals surface area contributed by atoms with Gasteiger partial charge in [-0.15, -0.1) is 0 Å².